The van der Waals surface area contributed by atoms with Crippen LogP contribution in [0.4, 0.5) is 14.9 Å². The van der Waals surface area contributed by atoms with E-state index in [4.69, 9.17) is 0 Å². The smallest absolute Gasteiger partial charge is 0.322 e. The SMILES string of the molecule is Cc1c(F)cccc1NC(=O)N1CCNC(=O)[C@@H]1C(C)C. The van der Waals surface area contributed by atoms with Crippen LogP contribution in [-0.4, -0.2) is 36.0 Å². The molecule has 1 aromatic rings. The minimum atomic E-state index is -0.507. The van der Waals surface area contributed by atoms with Gasteiger partial charge in [-0.2, -0.15) is 0 Å². The van der Waals surface area contributed by atoms with Crippen LogP contribution in [0.5, 0.6) is 0 Å². The minimum Gasteiger partial charge on any atom is -0.353 e. The number of nitrogens with zero attached hydrogens (tertiary/aromatic N) is 1. The van der Waals surface area contributed by atoms with E-state index >= 15 is 0 Å². The first kappa shape index (κ1) is 15.3. The zero-order valence-electron chi connectivity index (χ0n) is 12.4. The van der Waals surface area contributed by atoms with Crippen LogP contribution in [-0.2, 0) is 4.79 Å². The van der Waals surface area contributed by atoms with Gasteiger partial charge in [0, 0.05) is 24.3 Å². The molecule has 1 aliphatic rings. The summed E-state index contributed by atoms with van der Waals surface area (Å²) in [7, 11) is 0. The van der Waals surface area contributed by atoms with E-state index in [-0.39, 0.29) is 23.7 Å². The highest BCUT2D eigenvalue weighted by Crippen LogP contribution is 2.20. The van der Waals surface area contributed by atoms with Crippen LogP contribution in [0.25, 0.3) is 0 Å². The van der Waals surface area contributed by atoms with Crippen molar-refractivity contribution < 1.29 is 14.0 Å². The Morgan fingerprint density at radius 1 is 1.48 bits per heavy atom. The fourth-order valence-electron chi connectivity index (χ4n) is 2.51. The van der Waals surface area contributed by atoms with E-state index in [0.29, 0.717) is 24.3 Å². The third-order valence-electron chi connectivity index (χ3n) is 3.66. The lowest BCUT2D eigenvalue weighted by Crippen LogP contribution is -2.60. The molecule has 0 aromatic heterocycles. The Hall–Kier alpha value is -2.11. The van der Waals surface area contributed by atoms with Crippen LogP contribution in [0.15, 0.2) is 18.2 Å². The van der Waals surface area contributed by atoms with E-state index in [1.54, 1.807) is 19.1 Å². The van der Waals surface area contributed by atoms with Gasteiger partial charge in [0.05, 0.1) is 0 Å². The van der Waals surface area contributed by atoms with Crippen molar-refractivity contribution >= 4 is 17.6 Å². The molecule has 1 heterocycles. The molecular formula is C15H20FN3O2. The van der Waals surface area contributed by atoms with Crippen molar-refractivity contribution in [2.75, 3.05) is 18.4 Å². The Morgan fingerprint density at radius 3 is 2.86 bits per heavy atom. The molecule has 114 valence electrons. The molecule has 0 spiro atoms. The average Bonchev–Trinajstić information content (AvgIpc) is 2.43. The Bertz CT molecular complexity index is 560. The van der Waals surface area contributed by atoms with Crippen molar-refractivity contribution in [2.24, 2.45) is 5.92 Å². The van der Waals surface area contributed by atoms with Crippen molar-refractivity contribution in [2.45, 2.75) is 26.8 Å². The monoisotopic (exact) mass is 293 g/mol. The second-order valence-electron chi connectivity index (χ2n) is 5.52. The third-order valence-corrected chi connectivity index (χ3v) is 3.66. The van der Waals surface area contributed by atoms with Crippen molar-refractivity contribution in [1.29, 1.82) is 0 Å². The van der Waals surface area contributed by atoms with Crippen LogP contribution in [0.3, 0.4) is 0 Å². The molecular weight excluding hydrogens is 273 g/mol. The van der Waals surface area contributed by atoms with Gasteiger partial charge in [-0.3, -0.25) is 4.79 Å². The molecule has 1 aromatic carbocycles. The van der Waals surface area contributed by atoms with E-state index in [2.05, 4.69) is 10.6 Å². The summed E-state index contributed by atoms with van der Waals surface area (Å²) >= 11 is 0. The first-order valence-corrected chi connectivity index (χ1v) is 7.02. The number of benzene rings is 1. The second-order valence-corrected chi connectivity index (χ2v) is 5.52. The molecule has 6 heteroatoms. The van der Waals surface area contributed by atoms with Gasteiger partial charge in [0.1, 0.15) is 11.9 Å². The maximum Gasteiger partial charge on any atom is 0.322 e. The van der Waals surface area contributed by atoms with Crippen LogP contribution < -0.4 is 10.6 Å². The molecule has 2 N–H and O–H groups in total. The molecule has 1 saturated heterocycles. The van der Waals surface area contributed by atoms with Crippen molar-refractivity contribution in [3.63, 3.8) is 0 Å². The van der Waals surface area contributed by atoms with E-state index in [0.717, 1.165) is 0 Å². The average molecular weight is 293 g/mol. The number of carbonyl (C=O) groups is 2. The zero-order chi connectivity index (χ0) is 15.6. The molecule has 21 heavy (non-hydrogen) atoms. The summed E-state index contributed by atoms with van der Waals surface area (Å²) in [6, 6.07) is 3.65. The summed E-state index contributed by atoms with van der Waals surface area (Å²) in [5.41, 5.74) is 0.807. The van der Waals surface area contributed by atoms with Crippen LogP contribution in [0.1, 0.15) is 19.4 Å². The number of rotatable bonds is 2. The van der Waals surface area contributed by atoms with Gasteiger partial charge in [-0.25, -0.2) is 9.18 Å². The fourth-order valence-corrected chi connectivity index (χ4v) is 2.51. The molecule has 0 unspecified atom stereocenters. The van der Waals surface area contributed by atoms with Gasteiger partial charge in [0.2, 0.25) is 5.91 Å². The summed E-state index contributed by atoms with van der Waals surface area (Å²) in [6.07, 6.45) is 0. The maximum atomic E-state index is 13.5. The molecule has 1 aliphatic heterocycles. The van der Waals surface area contributed by atoms with Crippen molar-refractivity contribution in [3.05, 3.63) is 29.6 Å². The molecule has 0 bridgehead atoms. The highest BCUT2D eigenvalue weighted by atomic mass is 19.1. The topological polar surface area (TPSA) is 61.4 Å². The largest absolute Gasteiger partial charge is 0.353 e. The van der Waals surface area contributed by atoms with E-state index < -0.39 is 6.04 Å². The summed E-state index contributed by atoms with van der Waals surface area (Å²) < 4.78 is 13.5. The molecule has 3 amide bonds. The van der Waals surface area contributed by atoms with E-state index in [1.807, 2.05) is 13.8 Å². The van der Waals surface area contributed by atoms with Crippen LogP contribution >= 0.6 is 0 Å². The molecule has 0 radical (unpaired) electrons. The normalized spacial score (nSPS) is 18.6. The van der Waals surface area contributed by atoms with E-state index in [9.17, 15) is 14.0 Å². The lowest BCUT2D eigenvalue weighted by Gasteiger charge is -2.37. The van der Waals surface area contributed by atoms with Crippen molar-refractivity contribution in [1.82, 2.24) is 10.2 Å². The van der Waals surface area contributed by atoms with Gasteiger partial charge in [-0.1, -0.05) is 19.9 Å². The van der Waals surface area contributed by atoms with Gasteiger partial charge in [-0.15, -0.1) is 0 Å². The summed E-state index contributed by atoms with van der Waals surface area (Å²) in [4.78, 5) is 25.8. The predicted octanol–water partition coefficient (Wildman–Crippen LogP) is 2.12. The van der Waals surface area contributed by atoms with E-state index in [1.165, 1.54) is 11.0 Å². The Labute approximate surface area is 123 Å². The number of halogens is 1. The first-order valence-electron chi connectivity index (χ1n) is 7.02. The fraction of sp³-hybridized carbons (Fsp3) is 0.467. The molecule has 0 aliphatic carbocycles. The number of hydrogen-bond acceptors (Lipinski definition) is 2. The number of anilines is 1. The number of amides is 3. The maximum absolute atomic E-state index is 13.5. The van der Waals surface area contributed by atoms with Crippen LogP contribution in [0.2, 0.25) is 0 Å². The Balaban J connectivity index is 2.18. The summed E-state index contributed by atoms with van der Waals surface area (Å²) in [5.74, 6) is -0.517. The number of piperazine rings is 1. The molecule has 5 nitrogen and oxygen atoms in total. The lowest BCUT2D eigenvalue weighted by atomic mass is 10.00. The summed E-state index contributed by atoms with van der Waals surface area (Å²) in [6.45, 7) is 6.26. The Kier molecular flexibility index (Phi) is 4.45. The predicted molar refractivity (Wildman–Crippen MR) is 78.5 cm³/mol. The van der Waals surface area contributed by atoms with Gasteiger partial charge in [0.15, 0.2) is 0 Å². The number of hydrogen-bond donors (Lipinski definition) is 2. The molecule has 1 fully saturated rings. The number of urea groups is 1. The first-order chi connectivity index (χ1) is 9.91. The van der Waals surface area contributed by atoms with Gasteiger partial charge < -0.3 is 15.5 Å². The molecule has 0 saturated carbocycles. The summed E-state index contributed by atoms with van der Waals surface area (Å²) in [5, 5.41) is 5.46. The number of carbonyl (C=O) groups excluding carboxylic acids is 2. The lowest BCUT2D eigenvalue weighted by molar-refractivity contribution is -0.129. The minimum absolute atomic E-state index is 0.00431. The highest BCUT2D eigenvalue weighted by Gasteiger charge is 2.35. The van der Waals surface area contributed by atoms with Gasteiger partial charge in [0.25, 0.3) is 0 Å². The van der Waals surface area contributed by atoms with Gasteiger partial charge >= 0.3 is 6.03 Å². The third kappa shape index (κ3) is 3.15. The van der Waals surface area contributed by atoms with Crippen molar-refractivity contribution in [3.8, 4) is 0 Å². The second kappa shape index (κ2) is 6.11. The zero-order valence-corrected chi connectivity index (χ0v) is 12.4. The quantitative estimate of drug-likeness (QED) is 0.877. The highest BCUT2D eigenvalue weighted by molar-refractivity contribution is 5.95. The number of nitrogens with one attached hydrogen (secondary N) is 2. The molecule has 2 rings (SSSR count). The molecule has 1 atom stereocenters. The standard InChI is InChI=1S/C15H20FN3O2/c1-9(2)13-14(20)17-7-8-19(13)15(21)18-12-6-4-5-11(16)10(12)3/h4-6,9,13H,7-8H2,1-3H3,(H,17,20)(H,18,21)/t13-/m0/s1. The van der Waals surface area contributed by atoms with Crippen LogP contribution in [0, 0.1) is 18.7 Å². The van der Waals surface area contributed by atoms with Gasteiger partial charge in [-0.05, 0) is 25.0 Å². The Morgan fingerprint density at radius 2 is 2.19 bits per heavy atom.